The zero-order valence-electron chi connectivity index (χ0n) is 12.2. The van der Waals surface area contributed by atoms with Crippen molar-refractivity contribution in [1.29, 1.82) is 0 Å². The number of aromatic nitrogens is 3. The summed E-state index contributed by atoms with van der Waals surface area (Å²) in [5, 5.41) is 8.93. The first-order valence-electron chi connectivity index (χ1n) is 6.56. The van der Waals surface area contributed by atoms with Gasteiger partial charge in [-0.05, 0) is 24.3 Å². The van der Waals surface area contributed by atoms with Gasteiger partial charge in [0.15, 0.2) is 0 Å². The molecule has 0 saturated heterocycles. The van der Waals surface area contributed by atoms with Crippen LogP contribution in [-0.4, -0.2) is 26.0 Å². The van der Waals surface area contributed by atoms with Crippen LogP contribution in [0.5, 0.6) is 0 Å². The Morgan fingerprint density at radius 3 is 2.38 bits per heavy atom. The molecule has 0 spiro atoms. The number of carboxylic acids is 1. The van der Waals surface area contributed by atoms with Crippen molar-refractivity contribution in [2.75, 3.05) is 0 Å². The summed E-state index contributed by atoms with van der Waals surface area (Å²) in [4.78, 5) is 23.7. The van der Waals surface area contributed by atoms with Crippen LogP contribution >= 0.6 is 0 Å². The Hall–Kier alpha value is -2.56. The topological polar surface area (TPSA) is 76.0 Å². The Morgan fingerprint density at radius 2 is 1.81 bits per heavy atom. The number of carbonyl (C=O) groups is 1. The minimum atomic E-state index is -0.968. The van der Waals surface area contributed by atoms with E-state index in [1.54, 1.807) is 24.5 Å². The molecule has 0 aliphatic rings. The van der Waals surface area contributed by atoms with Crippen LogP contribution in [0, 0.1) is 0 Å². The molecule has 0 aliphatic heterocycles. The predicted molar refractivity (Wildman–Crippen MR) is 80.9 cm³/mol. The smallest absolute Gasteiger partial charge is 0.335 e. The third-order valence-corrected chi connectivity index (χ3v) is 2.82. The SMILES string of the molecule is CC(C)(C)c1ncc(/C=C/c2cc(C(=O)O)ccn2)cn1. The Morgan fingerprint density at radius 1 is 1.14 bits per heavy atom. The normalized spacial score (nSPS) is 11.8. The van der Waals surface area contributed by atoms with Gasteiger partial charge in [0.25, 0.3) is 0 Å². The molecule has 0 aromatic carbocycles. The van der Waals surface area contributed by atoms with E-state index < -0.39 is 5.97 Å². The molecule has 0 aliphatic carbocycles. The van der Waals surface area contributed by atoms with Crippen molar-refractivity contribution in [1.82, 2.24) is 15.0 Å². The third-order valence-electron chi connectivity index (χ3n) is 2.82. The van der Waals surface area contributed by atoms with Crippen LogP contribution in [0.1, 0.15) is 48.2 Å². The number of nitrogens with zero attached hydrogens (tertiary/aromatic N) is 3. The number of carboxylic acid groups (broad SMARTS) is 1. The van der Waals surface area contributed by atoms with Gasteiger partial charge < -0.3 is 5.11 Å². The maximum absolute atomic E-state index is 10.9. The molecule has 0 fully saturated rings. The minimum Gasteiger partial charge on any atom is -0.478 e. The van der Waals surface area contributed by atoms with E-state index in [1.165, 1.54) is 18.3 Å². The van der Waals surface area contributed by atoms with E-state index in [0.717, 1.165) is 11.4 Å². The highest BCUT2D eigenvalue weighted by molar-refractivity contribution is 5.88. The molecule has 0 bridgehead atoms. The fourth-order valence-corrected chi connectivity index (χ4v) is 1.67. The summed E-state index contributed by atoms with van der Waals surface area (Å²) in [6.45, 7) is 6.16. The Labute approximate surface area is 123 Å². The molecule has 2 rings (SSSR count). The molecule has 0 unspecified atom stereocenters. The average molecular weight is 283 g/mol. The second-order valence-corrected chi connectivity index (χ2v) is 5.70. The standard InChI is InChI=1S/C16H17N3O2/c1-16(2,3)15-18-9-11(10-19-15)4-5-13-8-12(14(20)21)6-7-17-13/h4-10H,1-3H3,(H,20,21)/b5-4+. The lowest BCUT2D eigenvalue weighted by molar-refractivity contribution is 0.0696. The molecule has 0 atom stereocenters. The Kier molecular flexibility index (Phi) is 4.12. The minimum absolute atomic E-state index is 0.0837. The van der Waals surface area contributed by atoms with Crippen molar-refractivity contribution in [2.24, 2.45) is 0 Å². The maximum Gasteiger partial charge on any atom is 0.335 e. The van der Waals surface area contributed by atoms with Crippen molar-refractivity contribution < 1.29 is 9.90 Å². The number of rotatable bonds is 3. The van der Waals surface area contributed by atoms with E-state index in [9.17, 15) is 4.79 Å². The number of hydrogen-bond acceptors (Lipinski definition) is 4. The van der Waals surface area contributed by atoms with Crippen molar-refractivity contribution in [3.63, 3.8) is 0 Å². The molecule has 0 saturated carbocycles. The summed E-state index contributed by atoms with van der Waals surface area (Å²) >= 11 is 0. The van der Waals surface area contributed by atoms with Crippen molar-refractivity contribution in [3.05, 3.63) is 53.4 Å². The Balaban J connectivity index is 2.18. The van der Waals surface area contributed by atoms with Gasteiger partial charge in [-0.15, -0.1) is 0 Å². The molecule has 5 nitrogen and oxygen atoms in total. The van der Waals surface area contributed by atoms with Crippen LogP contribution in [0.3, 0.4) is 0 Å². The molecular formula is C16H17N3O2. The molecule has 2 heterocycles. The van der Waals surface area contributed by atoms with E-state index >= 15 is 0 Å². The summed E-state index contributed by atoms with van der Waals surface area (Å²) in [7, 11) is 0. The first kappa shape index (κ1) is 14.8. The van der Waals surface area contributed by atoms with Crippen LogP contribution < -0.4 is 0 Å². The molecule has 5 heteroatoms. The van der Waals surface area contributed by atoms with Crippen molar-refractivity contribution in [2.45, 2.75) is 26.2 Å². The lowest BCUT2D eigenvalue weighted by Gasteiger charge is -2.15. The highest BCUT2D eigenvalue weighted by Gasteiger charge is 2.16. The van der Waals surface area contributed by atoms with Gasteiger partial charge in [0.05, 0.1) is 11.3 Å². The fourth-order valence-electron chi connectivity index (χ4n) is 1.67. The maximum atomic E-state index is 10.9. The largest absolute Gasteiger partial charge is 0.478 e. The van der Waals surface area contributed by atoms with Gasteiger partial charge >= 0.3 is 5.97 Å². The molecule has 1 N–H and O–H groups in total. The molecule has 0 radical (unpaired) electrons. The van der Waals surface area contributed by atoms with Gasteiger partial charge in [-0.25, -0.2) is 14.8 Å². The van der Waals surface area contributed by atoms with Crippen molar-refractivity contribution >= 4 is 18.1 Å². The van der Waals surface area contributed by atoms with E-state index in [0.29, 0.717) is 5.69 Å². The second kappa shape index (κ2) is 5.83. The van der Waals surface area contributed by atoms with Crippen molar-refractivity contribution in [3.8, 4) is 0 Å². The van der Waals surface area contributed by atoms with Gasteiger partial charge in [-0.3, -0.25) is 4.98 Å². The number of hydrogen-bond donors (Lipinski definition) is 1. The molecule has 2 aromatic heterocycles. The molecular weight excluding hydrogens is 266 g/mol. The number of pyridine rings is 1. The predicted octanol–water partition coefficient (Wildman–Crippen LogP) is 3.04. The molecule has 21 heavy (non-hydrogen) atoms. The first-order chi connectivity index (χ1) is 9.86. The quantitative estimate of drug-likeness (QED) is 0.937. The van der Waals surface area contributed by atoms with Gasteiger partial charge in [0.1, 0.15) is 5.82 Å². The summed E-state index contributed by atoms with van der Waals surface area (Å²) in [6, 6.07) is 2.98. The van der Waals surface area contributed by atoms with E-state index in [1.807, 2.05) is 0 Å². The van der Waals surface area contributed by atoms with E-state index in [2.05, 4.69) is 35.7 Å². The van der Waals surface area contributed by atoms with E-state index in [-0.39, 0.29) is 11.0 Å². The average Bonchev–Trinajstić information content (AvgIpc) is 2.45. The Bertz CT molecular complexity index is 671. The summed E-state index contributed by atoms with van der Waals surface area (Å²) in [5.41, 5.74) is 1.55. The van der Waals surface area contributed by atoms with Gasteiger partial charge in [-0.1, -0.05) is 20.8 Å². The van der Waals surface area contributed by atoms with Crippen LogP contribution in [0.15, 0.2) is 30.7 Å². The van der Waals surface area contributed by atoms with Crippen LogP contribution in [0.4, 0.5) is 0 Å². The summed E-state index contributed by atoms with van der Waals surface area (Å²) < 4.78 is 0. The second-order valence-electron chi connectivity index (χ2n) is 5.70. The highest BCUT2D eigenvalue weighted by Crippen LogP contribution is 2.17. The zero-order chi connectivity index (χ0) is 15.5. The molecule has 108 valence electrons. The fraction of sp³-hybridized carbons (Fsp3) is 0.250. The van der Waals surface area contributed by atoms with Gasteiger partial charge in [0.2, 0.25) is 0 Å². The molecule has 0 amide bonds. The van der Waals surface area contributed by atoms with Crippen LogP contribution in [-0.2, 0) is 5.41 Å². The lowest BCUT2D eigenvalue weighted by atomic mass is 9.96. The first-order valence-corrected chi connectivity index (χ1v) is 6.56. The van der Waals surface area contributed by atoms with Gasteiger partial charge in [0, 0.05) is 29.6 Å². The zero-order valence-corrected chi connectivity index (χ0v) is 12.2. The highest BCUT2D eigenvalue weighted by atomic mass is 16.4. The van der Waals surface area contributed by atoms with Crippen LogP contribution in [0.25, 0.3) is 12.2 Å². The summed E-state index contributed by atoms with van der Waals surface area (Å²) in [6.07, 6.45) is 8.50. The lowest BCUT2D eigenvalue weighted by Crippen LogP contribution is -2.15. The molecule has 2 aromatic rings. The monoisotopic (exact) mass is 283 g/mol. The van der Waals surface area contributed by atoms with Crippen LogP contribution in [0.2, 0.25) is 0 Å². The van der Waals surface area contributed by atoms with E-state index in [4.69, 9.17) is 5.11 Å². The van der Waals surface area contributed by atoms with Gasteiger partial charge in [-0.2, -0.15) is 0 Å². The number of aromatic carboxylic acids is 1. The third kappa shape index (κ3) is 3.95. The summed E-state index contributed by atoms with van der Waals surface area (Å²) in [5.74, 6) is -0.185.